The molecule has 116 valence electrons. The van der Waals surface area contributed by atoms with Crippen LogP contribution < -0.4 is 5.32 Å². The fourth-order valence-corrected chi connectivity index (χ4v) is 4.78. The van der Waals surface area contributed by atoms with Gasteiger partial charge in [0.2, 0.25) is 17.6 Å². The Balaban J connectivity index is 1.82. The number of carbonyl (C=O) groups is 2. The monoisotopic (exact) mass is 317 g/mol. The van der Waals surface area contributed by atoms with Crippen molar-refractivity contribution < 1.29 is 9.59 Å². The lowest BCUT2D eigenvalue weighted by molar-refractivity contribution is -0.154. The molecule has 2 aliphatic heterocycles. The summed E-state index contributed by atoms with van der Waals surface area (Å²) in [7, 11) is 0. The van der Waals surface area contributed by atoms with Crippen molar-refractivity contribution in [3.63, 3.8) is 0 Å². The van der Waals surface area contributed by atoms with Gasteiger partial charge in [-0.1, -0.05) is 30.3 Å². The van der Waals surface area contributed by atoms with E-state index in [-0.39, 0.29) is 23.6 Å². The van der Waals surface area contributed by atoms with Crippen molar-refractivity contribution in [1.29, 1.82) is 0 Å². The zero-order valence-electron chi connectivity index (χ0n) is 12.7. The van der Waals surface area contributed by atoms with Crippen LogP contribution in [0.5, 0.6) is 0 Å². The Hall–Kier alpha value is -1.82. The van der Waals surface area contributed by atoms with Gasteiger partial charge in [-0.15, -0.1) is 11.8 Å². The predicted octanol–water partition coefficient (Wildman–Crippen LogP) is 1.78. The average molecular weight is 317 g/mol. The first kappa shape index (κ1) is 15.1. The number of hydrogen-bond donors (Lipinski definition) is 1. The van der Waals surface area contributed by atoms with E-state index in [0.29, 0.717) is 6.42 Å². The van der Waals surface area contributed by atoms with Crippen LogP contribution in [0.2, 0.25) is 0 Å². The SMILES string of the molecule is C=N[C@@]1(NC(=O)Cc2ccccc2)N2C(=O)CC2SC1(C)C. The normalized spacial score (nSPS) is 28.7. The third kappa shape index (κ3) is 2.13. The Kier molecular flexibility index (Phi) is 3.51. The molecule has 2 saturated heterocycles. The lowest BCUT2D eigenvalue weighted by Gasteiger charge is -2.46. The number of thioether (sulfide) groups is 1. The Labute approximate surface area is 134 Å². The van der Waals surface area contributed by atoms with Crippen molar-refractivity contribution in [3.8, 4) is 0 Å². The summed E-state index contributed by atoms with van der Waals surface area (Å²) in [6, 6.07) is 9.51. The lowest BCUT2D eigenvalue weighted by atomic mass is 9.98. The number of fused-ring (bicyclic) bond motifs is 1. The van der Waals surface area contributed by atoms with Gasteiger partial charge in [-0.05, 0) is 26.1 Å². The molecular weight excluding hydrogens is 298 g/mol. The molecule has 1 unspecified atom stereocenters. The molecule has 1 aromatic rings. The molecule has 22 heavy (non-hydrogen) atoms. The van der Waals surface area contributed by atoms with Crippen LogP contribution in [0.3, 0.4) is 0 Å². The second-order valence-corrected chi connectivity index (χ2v) is 7.89. The highest BCUT2D eigenvalue weighted by Crippen LogP contribution is 2.55. The quantitative estimate of drug-likeness (QED) is 0.680. The molecule has 2 atom stereocenters. The molecule has 5 nitrogen and oxygen atoms in total. The number of nitrogens with zero attached hydrogens (tertiary/aromatic N) is 2. The lowest BCUT2D eigenvalue weighted by Crippen LogP contribution is -2.70. The first-order chi connectivity index (χ1) is 10.4. The number of nitrogens with one attached hydrogen (secondary N) is 1. The number of aliphatic imine (C=N–C) groups is 1. The molecule has 0 saturated carbocycles. The van der Waals surface area contributed by atoms with E-state index in [9.17, 15) is 9.59 Å². The van der Waals surface area contributed by atoms with Gasteiger partial charge >= 0.3 is 0 Å². The standard InChI is InChI=1S/C16H19N3O2S/c1-15(2)16(17-3,19-13(21)10-14(19)22-15)18-12(20)9-11-7-5-4-6-8-11/h4-8,14H,3,9-10H2,1-2H3,(H,18,20)/t14?,16-/m0/s1. The minimum absolute atomic E-state index is 0.00971. The molecule has 0 aromatic heterocycles. The molecule has 2 aliphatic rings. The van der Waals surface area contributed by atoms with Crippen LogP contribution in [-0.4, -0.2) is 39.3 Å². The summed E-state index contributed by atoms with van der Waals surface area (Å²) in [5.74, 6) is -1.22. The molecule has 3 rings (SSSR count). The van der Waals surface area contributed by atoms with E-state index in [4.69, 9.17) is 0 Å². The fourth-order valence-electron chi connectivity index (χ4n) is 3.12. The Morgan fingerprint density at radius 2 is 2.14 bits per heavy atom. The van der Waals surface area contributed by atoms with Gasteiger partial charge < -0.3 is 5.32 Å². The van der Waals surface area contributed by atoms with Crippen molar-refractivity contribution >= 4 is 30.3 Å². The van der Waals surface area contributed by atoms with E-state index in [1.165, 1.54) is 0 Å². The first-order valence-corrected chi connectivity index (χ1v) is 8.10. The zero-order chi connectivity index (χ0) is 16.0. The second-order valence-electron chi connectivity index (χ2n) is 6.09. The molecule has 2 heterocycles. The summed E-state index contributed by atoms with van der Waals surface area (Å²) >= 11 is 1.66. The van der Waals surface area contributed by atoms with Crippen LogP contribution in [0.1, 0.15) is 25.8 Å². The van der Waals surface area contributed by atoms with Crippen molar-refractivity contribution in [2.75, 3.05) is 0 Å². The molecule has 0 spiro atoms. The summed E-state index contributed by atoms with van der Waals surface area (Å²) in [4.78, 5) is 30.3. The minimum Gasteiger partial charge on any atom is -0.313 e. The fraction of sp³-hybridized carbons (Fsp3) is 0.438. The summed E-state index contributed by atoms with van der Waals surface area (Å²) < 4.78 is -0.419. The Morgan fingerprint density at radius 3 is 2.73 bits per heavy atom. The van der Waals surface area contributed by atoms with Crippen LogP contribution in [0.15, 0.2) is 35.3 Å². The predicted molar refractivity (Wildman–Crippen MR) is 87.5 cm³/mol. The highest BCUT2D eigenvalue weighted by molar-refractivity contribution is 8.01. The topological polar surface area (TPSA) is 61.8 Å². The first-order valence-electron chi connectivity index (χ1n) is 7.22. The minimum atomic E-state index is -1.07. The number of β-lactam (4-membered cyclic amide) rings is 1. The third-order valence-corrected chi connectivity index (χ3v) is 5.80. The Bertz CT molecular complexity index is 632. The molecular formula is C16H19N3O2S. The number of rotatable bonds is 4. The van der Waals surface area contributed by atoms with Gasteiger partial charge in [0.1, 0.15) is 0 Å². The second kappa shape index (κ2) is 5.12. The molecule has 0 radical (unpaired) electrons. The van der Waals surface area contributed by atoms with Gasteiger partial charge in [-0.3, -0.25) is 19.5 Å². The molecule has 1 aromatic carbocycles. The third-order valence-electron chi connectivity index (χ3n) is 4.27. The summed E-state index contributed by atoms with van der Waals surface area (Å²) in [6.45, 7) is 7.63. The highest BCUT2D eigenvalue weighted by Gasteiger charge is 2.66. The largest absolute Gasteiger partial charge is 0.313 e. The van der Waals surface area contributed by atoms with E-state index in [1.807, 2.05) is 44.2 Å². The van der Waals surface area contributed by atoms with Crippen molar-refractivity contribution in [3.05, 3.63) is 35.9 Å². The maximum absolute atomic E-state index is 12.5. The maximum atomic E-state index is 12.5. The van der Waals surface area contributed by atoms with Gasteiger partial charge in [0.15, 0.2) is 0 Å². The van der Waals surface area contributed by atoms with Gasteiger partial charge in [0.05, 0.1) is 23.0 Å². The highest BCUT2D eigenvalue weighted by atomic mass is 32.2. The summed E-state index contributed by atoms with van der Waals surface area (Å²) in [6.07, 6.45) is 0.755. The summed E-state index contributed by atoms with van der Waals surface area (Å²) in [5.41, 5.74) is 0.925. The van der Waals surface area contributed by atoms with Gasteiger partial charge in [-0.2, -0.15) is 0 Å². The smallest absolute Gasteiger partial charge is 0.229 e. The van der Waals surface area contributed by atoms with E-state index < -0.39 is 10.5 Å². The van der Waals surface area contributed by atoms with Gasteiger partial charge in [-0.25, -0.2) is 0 Å². The van der Waals surface area contributed by atoms with Crippen LogP contribution in [0, 0.1) is 0 Å². The maximum Gasteiger partial charge on any atom is 0.229 e. The van der Waals surface area contributed by atoms with E-state index in [2.05, 4.69) is 17.0 Å². The number of amides is 2. The molecule has 0 aliphatic carbocycles. The average Bonchev–Trinajstić information content (AvgIpc) is 2.63. The number of carbonyl (C=O) groups excluding carboxylic acids is 2. The van der Waals surface area contributed by atoms with Crippen molar-refractivity contribution in [1.82, 2.24) is 10.2 Å². The van der Waals surface area contributed by atoms with Crippen molar-refractivity contribution in [2.45, 2.75) is 42.6 Å². The number of hydrogen-bond acceptors (Lipinski definition) is 4. The molecule has 0 bridgehead atoms. The van der Waals surface area contributed by atoms with Crippen LogP contribution in [0.25, 0.3) is 0 Å². The van der Waals surface area contributed by atoms with Gasteiger partial charge in [0, 0.05) is 0 Å². The van der Waals surface area contributed by atoms with Crippen LogP contribution in [0.4, 0.5) is 0 Å². The number of benzene rings is 1. The zero-order valence-corrected chi connectivity index (χ0v) is 13.5. The van der Waals surface area contributed by atoms with Crippen LogP contribution in [-0.2, 0) is 16.0 Å². The van der Waals surface area contributed by atoms with E-state index >= 15 is 0 Å². The van der Waals surface area contributed by atoms with Crippen molar-refractivity contribution in [2.24, 2.45) is 4.99 Å². The van der Waals surface area contributed by atoms with Gasteiger partial charge in [0.25, 0.3) is 0 Å². The molecule has 2 amide bonds. The molecule has 6 heteroatoms. The van der Waals surface area contributed by atoms with E-state index in [0.717, 1.165) is 5.56 Å². The van der Waals surface area contributed by atoms with Crippen LogP contribution >= 0.6 is 11.8 Å². The molecule has 2 fully saturated rings. The van der Waals surface area contributed by atoms with E-state index in [1.54, 1.807) is 16.7 Å². The summed E-state index contributed by atoms with van der Waals surface area (Å²) in [5, 5.41) is 3.03. The molecule has 1 N–H and O–H groups in total. The Morgan fingerprint density at radius 1 is 1.45 bits per heavy atom.